The Morgan fingerprint density at radius 2 is 1.86 bits per heavy atom. The second kappa shape index (κ2) is 6.80. The van der Waals surface area contributed by atoms with Crippen molar-refractivity contribution in [3.8, 4) is 11.5 Å². The molecule has 0 aromatic heterocycles. The zero-order valence-electron chi connectivity index (χ0n) is 11.6. The summed E-state index contributed by atoms with van der Waals surface area (Å²) in [6.45, 7) is 2.32. The van der Waals surface area contributed by atoms with Crippen molar-refractivity contribution < 1.29 is 15.0 Å². The molecule has 0 bridgehead atoms. The van der Waals surface area contributed by atoms with E-state index in [0.717, 1.165) is 14.7 Å². The number of nitrogens with one attached hydrogen (secondary N) is 1. The number of amides is 1. The van der Waals surface area contributed by atoms with E-state index in [1.54, 1.807) is 6.07 Å². The van der Waals surface area contributed by atoms with E-state index in [-0.39, 0.29) is 17.4 Å². The molecule has 1 amide bonds. The van der Waals surface area contributed by atoms with Gasteiger partial charge in [0.2, 0.25) is 0 Å². The van der Waals surface area contributed by atoms with Gasteiger partial charge in [0, 0.05) is 10.1 Å². The molecular formula is C16H16INO3. The fraction of sp³-hybridized carbons (Fsp3) is 0.188. The average Bonchev–Trinajstić information content (AvgIpc) is 2.44. The molecule has 0 spiro atoms. The summed E-state index contributed by atoms with van der Waals surface area (Å²) < 4.78 is 0.908. The van der Waals surface area contributed by atoms with Gasteiger partial charge in [0.25, 0.3) is 5.91 Å². The monoisotopic (exact) mass is 397 g/mol. The smallest absolute Gasteiger partial charge is 0.252 e. The van der Waals surface area contributed by atoms with Gasteiger partial charge in [-0.25, -0.2) is 0 Å². The summed E-state index contributed by atoms with van der Waals surface area (Å²) in [5, 5.41) is 21.8. The number of aryl methyl sites for hydroxylation is 1. The molecular weight excluding hydrogens is 381 g/mol. The van der Waals surface area contributed by atoms with Gasteiger partial charge in [-0.2, -0.15) is 0 Å². The van der Waals surface area contributed by atoms with E-state index in [0.29, 0.717) is 18.5 Å². The lowest BCUT2D eigenvalue weighted by atomic mass is 10.0. The largest absolute Gasteiger partial charge is 0.504 e. The number of hydrogen-bond donors (Lipinski definition) is 3. The second-order valence-corrected chi connectivity index (χ2v) is 5.92. The maximum absolute atomic E-state index is 12.1. The molecule has 3 N–H and O–H groups in total. The van der Waals surface area contributed by atoms with E-state index in [1.807, 2.05) is 25.1 Å². The molecule has 0 saturated carbocycles. The number of rotatable bonds is 4. The highest BCUT2D eigenvalue weighted by atomic mass is 127. The Labute approximate surface area is 137 Å². The Kier molecular flexibility index (Phi) is 5.06. The van der Waals surface area contributed by atoms with Gasteiger partial charge in [-0.1, -0.05) is 12.1 Å². The minimum absolute atomic E-state index is 0.111. The number of halogens is 1. The first-order valence-electron chi connectivity index (χ1n) is 6.53. The zero-order chi connectivity index (χ0) is 15.4. The molecule has 21 heavy (non-hydrogen) atoms. The summed E-state index contributed by atoms with van der Waals surface area (Å²) in [5.41, 5.74) is 2.44. The van der Waals surface area contributed by atoms with Gasteiger partial charge in [0.05, 0.1) is 5.56 Å². The summed E-state index contributed by atoms with van der Waals surface area (Å²) >= 11 is 2.13. The van der Waals surface area contributed by atoms with Crippen LogP contribution in [0.4, 0.5) is 0 Å². The van der Waals surface area contributed by atoms with Gasteiger partial charge in [0.15, 0.2) is 11.5 Å². The summed E-state index contributed by atoms with van der Waals surface area (Å²) in [4.78, 5) is 12.1. The third-order valence-electron chi connectivity index (χ3n) is 3.23. The van der Waals surface area contributed by atoms with Crippen LogP contribution in [0.2, 0.25) is 0 Å². The zero-order valence-corrected chi connectivity index (χ0v) is 13.7. The maximum Gasteiger partial charge on any atom is 0.252 e. The van der Waals surface area contributed by atoms with Crippen LogP contribution in [0.1, 0.15) is 21.5 Å². The molecule has 0 aliphatic carbocycles. The van der Waals surface area contributed by atoms with E-state index in [1.165, 1.54) is 12.1 Å². The molecule has 4 nitrogen and oxygen atoms in total. The number of hydrogen-bond acceptors (Lipinski definition) is 3. The van der Waals surface area contributed by atoms with Gasteiger partial charge in [0.1, 0.15) is 0 Å². The summed E-state index contributed by atoms with van der Waals surface area (Å²) in [7, 11) is 0. The van der Waals surface area contributed by atoms with Crippen LogP contribution in [0, 0.1) is 10.5 Å². The maximum atomic E-state index is 12.1. The molecule has 0 atom stereocenters. The van der Waals surface area contributed by atoms with Gasteiger partial charge in [-0.3, -0.25) is 4.79 Å². The predicted molar refractivity (Wildman–Crippen MR) is 89.7 cm³/mol. The van der Waals surface area contributed by atoms with Crippen molar-refractivity contribution in [2.24, 2.45) is 0 Å². The van der Waals surface area contributed by atoms with E-state index >= 15 is 0 Å². The van der Waals surface area contributed by atoms with Gasteiger partial charge in [-0.15, -0.1) is 0 Å². The Hall–Kier alpha value is -1.76. The molecule has 0 aliphatic rings. The van der Waals surface area contributed by atoms with Crippen molar-refractivity contribution in [1.29, 1.82) is 0 Å². The Bertz CT molecular complexity index is 671. The second-order valence-electron chi connectivity index (χ2n) is 4.75. The quantitative estimate of drug-likeness (QED) is 0.549. The van der Waals surface area contributed by atoms with Crippen LogP contribution < -0.4 is 5.32 Å². The number of phenolic OH excluding ortho intramolecular Hbond substituents is 2. The van der Waals surface area contributed by atoms with Crippen LogP contribution in [-0.4, -0.2) is 22.7 Å². The number of benzene rings is 2. The molecule has 2 aromatic rings. The van der Waals surface area contributed by atoms with Crippen molar-refractivity contribution in [3.05, 3.63) is 56.7 Å². The third-order valence-corrected chi connectivity index (χ3v) is 4.17. The average molecular weight is 397 g/mol. The molecule has 2 aromatic carbocycles. The molecule has 0 heterocycles. The highest BCUT2D eigenvalue weighted by Gasteiger charge is 2.09. The normalized spacial score (nSPS) is 10.4. The standard InChI is InChI=1S/C16H16INO3/c1-10-8-14(19)15(20)9-11(10)6-7-18-16(21)12-4-2-3-5-13(12)17/h2-5,8-9,19-20H,6-7H2,1H3,(H,18,21). The first-order chi connectivity index (χ1) is 9.99. The fourth-order valence-corrected chi connectivity index (χ4v) is 2.68. The van der Waals surface area contributed by atoms with E-state index < -0.39 is 0 Å². The van der Waals surface area contributed by atoms with Gasteiger partial charge < -0.3 is 15.5 Å². The molecule has 5 heteroatoms. The lowest BCUT2D eigenvalue weighted by Crippen LogP contribution is -2.26. The highest BCUT2D eigenvalue weighted by Crippen LogP contribution is 2.28. The first kappa shape index (κ1) is 15.6. The first-order valence-corrected chi connectivity index (χ1v) is 7.61. The summed E-state index contributed by atoms with van der Waals surface area (Å²) in [6.07, 6.45) is 0.592. The van der Waals surface area contributed by atoms with Crippen LogP contribution in [0.25, 0.3) is 0 Å². The molecule has 0 unspecified atom stereocenters. The molecule has 0 saturated heterocycles. The molecule has 2 rings (SSSR count). The predicted octanol–water partition coefficient (Wildman–Crippen LogP) is 2.98. The van der Waals surface area contributed by atoms with Crippen LogP contribution in [-0.2, 0) is 6.42 Å². The van der Waals surface area contributed by atoms with Crippen molar-refractivity contribution in [1.82, 2.24) is 5.32 Å². The van der Waals surface area contributed by atoms with Gasteiger partial charge >= 0.3 is 0 Å². The van der Waals surface area contributed by atoms with Crippen molar-refractivity contribution >= 4 is 28.5 Å². The third kappa shape index (κ3) is 3.87. The number of phenols is 2. The van der Waals surface area contributed by atoms with Crippen LogP contribution >= 0.6 is 22.6 Å². The summed E-state index contributed by atoms with van der Waals surface area (Å²) in [5.74, 6) is -0.376. The molecule has 0 radical (unpaired) electrons. The van der Waals surface area contributed by atoms with Crippen molar-refractivity contribution in [2.75, 3.05) is 6.54 Å². The molecule has 0 aliphatic heterocycles. The van der Waals surface area contributed by atoms with E-state index in [9.17, 15) is 15.0 Å². The lowest BCUT2D eigenvalue weighted by Gasteiger charge is -2.10. The van der Waals surface area contributed by atoms with Crippen LogP contribution in [0.15, 0.2) is 36.4 Å². The summed E-state index contributed by atoms with van der Waals surface area (Å²) in [6, 6.07) is 10.4. The van der Waals surface area contributed by atoms with Crippen molar-refractivity contribution in [2.45, 2.75) is 13.3 Å². The topological polar surface area (TPSA) is 69.6 Å². The van der Waals surface area contributed by atoms with E-state index in [4.69, 9.17) is 0 Å². The number of carbonyl (C=O) groups excluding carboxylic acids is 1. The Morgan fingerprint density at radius 3 is 2.57 bits per heavy atom. The van der Waals surface area contributed by atoms with Crippen molar-refractivity contribution in [3.63, 3.8) is 0 Å². The number of aromatic hydroxyl groups is 2. The number of carbonyl (C=O) groups is 1. The molecule has 110 valence electrons. The lowest BCUT2D eigenvalue weighted by molar-refractivity contribution is 0.0953. The molecule has 0 fully saturated rings. The van der Waals surface area contributed by atoms with Gasteiger partial charge in [-0.05, 0) is 71.3 Å². The SMILES string of the molecule is Cc1cc(O)c(O)cc1CCNC(=O)c1ccccc1I. The van der Waals surface area contributed by atoms with Crippen LogP contribution in [0.5, 0.6) is 11.5 Å². The highest BCUT2D eigenvalue weighted by molar-refractivity contribution is 14.1. The minimum Gasteiger partial charge on any atom is -0.504 e. The Morgan fingerprint density at radius 1 is 1.19 bits per heavy atom. The minimum atomic E-state index is -0.139. The van der Waals surface area contributed by atoms with Crippen LogP contribution in [0.3, 0.4) is 0 Å². The van der Waals surface area contributed by atoms with E-state index in [2.05, 4.69) is 27.9 Å². The fourth-order valence-electron chi connectivity index (χ4n) is 2.05. The Balaban J connectivity index is 1.97.